The SMILES string of the molecule is Cc1cc(C)c(CN2CCc3c(Cl)cc(-c4c(C)c[nH]c4C)c(Cl)c3C2=O)c(=O)[nH]1. The summed E-state index contributed by atoms with van der Waals surface area (Å²) in [6, 6.07) is 3.77. The summed E-state index contributed by atoms with van der Waals surface area (Å²) in [6.07, 6.45) is 2.50. The van der Waals surface area contributed by atoms with E-state index in [1.54, 1.807) is 4.90 Å². The Balaban J connectivity index is 1.79. The highest BCUT2D eigenvalue weighted by molar-refractivity contribution is 6.39. The van der Waals surface area contributed by atoms with Crippen LogP contribution in [-0.2, 0) is 13.0 Å². The third-order valence-corrected chi connectivity index (χ3v) is 6.57. The number of rotatable bonds is 3. The number of H-pyrrole nitrogens is 2. The minimum Gasteiger partial charge on any atom is -0.364 e. The molecule has 0 spiro atoms. The van der Waals surface area contributed by atoms with E-state index >= 15 is 0 Å². The van der Waals surface area contributed by atoms with E-state index in [-0.39, 0.29) is 18.0 Å². The second-order valence-corrected chi connectivity index (χ2v) is 8.75. The van der Waals surface area contributed by atoms with E-state index in [9.17, 15) is 9.59 Å². The number of pyridine rings is 1. The molecule has 0 fully saturated rings. The third-order valence-electron chi connectivity index (χ3n) is 5.84. The zero-order valence-corrected chi connectivity index (χ0v) is 18.9. The molecule has 2 aromatic heterocycles. The van der Waals surface area contributed by atoms with Crippen molar-refractivity contribution in [1.29, 1.82) is 0 Å². The highest BCUT2D eigenvalue weighted by Gasteiger charge is 2.31. The molecular formula is C23H23Cl2N3O2. The van der Waals surface area contributed by atoms with E-state index < -0.39 is 0 Å². The number of nitrogens with one attached hydrogen (secondary N) is 2. The Labute approximate surface area is 185 Å². The van der Waals surface area contributed by atoms with E-state index in [0.29, 0.717) is 34.1 Å². The molecule has 1 aliphatic rings. The lowest BCUT2D eigenvalue weighted by Gasteiger charge is -2.31. The molecule has 156 valence electrons. The van der Waals surface area contributed by atoms with Gasteiger partial charge in [-0.15, -0.1) is 0 Å². The van der Waals surface area contributed by atoms with Crippen LogP contribution in [0.2, 0.25) is 10.0 Å². The zero-order valence-electron chi connectivity index (χ0n) is 17.4. The minimum absolute atomic E-state index is 0.164. The Morgan fingerprint density at radius 3 is 2.40 bits per heavy atom. The number of amides is 1. The summed E-state index contributed by atoms with van der Waals surface area (Å²) in [5.74, 6) is -0.199. The molecule has 1 aromatic carbocycles. The fraction of sp³-hybridized carbons (Fsp3) is 0.304. The number of hydrogen-bond donors (Lipinski definition) is 2. The lowest BCUT2D eigenvalue weighted by atomic mass is 9.92. The Hall–Kier alpha value is -2.50. The average molecular weight is 444 g/mol. The summed E-state index contributed by atoms with van der Waals surface area (Å²) in [6.45, 7) is 8.40. The van der Waals surface area contributed by atoms with Crippen LogP contribution >= 0.6 is 23.2 Å². The van der Waals surface area contributed by atoms with Crippen LogP contribution in [0.15, 0.2) is 23.1 Å². The van der Waals surface area contributed by atoms with Crippen molar-refractivity contribution in [3.05, 3.63) is 77.9 Å². The van der Waals surface area contributed by atoms with Gasteiger partial charge in [-0.3, -0.25) is 9.59 Å². The summed E-state index contributed by atoms with van der Waals surface area (Å²) in [5, 5.41) is 0.950. The van der Waals surface area contributed by atoms with Crippen molar-refractivity contribution in [1.82, 2.24) is 14.9 Å². The van der Waals surface area contributed by atoms with Crippen molar-refractivity contribution in [3.63, 3.8) is 0 Å². The molecule has 0 bridgehead atoms. The number of nitrogens with zero attached hydrogens (tertiary/aromatic N) is 1. The summed E-state index contributed by atoms with van der Waals surface area (Å²) < 4.78 is 0. The first-order valence-corrected chi connectivity index (χ1v) is 10.6. The first-order chi connectivity index (χ1) is 14.2. The molecule has 0 aliphatic carbocycles. The van der Waals surface area contributed by atoms with Gasteiger partial charge in [0.1, 0.15) is 0 Å². The van der Waals surface area contributed by atoms with Gasteiger partial charge in [0, 0.05) is 45.8 Å². The Bertz CT molecular complexity index is 1220. The quantitative estimate of drug-likeness (QED) is 0.590. The fourth-order valence-corrected chi connectivity index (χ4v) is 4.95. The van der Waals surface area contributed by atoms with Crippen molar-refractivity contribution >= 4 is 29.1 Å². The molecule has 0 atom stereocenters. The van der Waals surface area contributed by atoms with Crippen LogP contribution in [0.5, 0.6) is 0 Å². The van der Waals surface area contributed by atoms with Crippen molar-refractivity contribution in [2.24, 2.45) is 0 Å². The largest absolute Gasteiger partial charge is 0.364 e. The topological polar surface area (TPSA) is 69.0 Å². The molecule has 3 aromatic rings. The van der Waals surface area contributed by atoms with Crippen LogP contribution in [0.3, 0.4) is 0 Å². The molecule has 5 nitrogen and oxygen atoms in total. The van der Waals surface area contributed by atoms with Gasteiger partial charge < -0.3 is 14.9 Å². The molecule has 30 heavy (non-hydrogen) atoms. The summed E-state index contributed by atoms with van der Waals surface area (Å²) in [7, 11) is 0. The standard InChI is InChI=1S/C23H23Cl2N3O2/c1-11-7-13(3)27-22(29)17(11)10-28-6-5-15-18(24)8-16(21(25)20(15)23(28)30)19-12(2)9-26-14(19)4/h7-9,26H,5-6,10H2,1-4H3,(H,27,29). The molecule has 0 radical (unpaired) electrons. The molecule has 1 amide bonds. The predicted molar refractivity (Wildman–Crippen MR) is 121 cm³/mol. The van der Waals surface area contributed by atoms with Gasteiger partial charge in [-0.25, -0.2) is 0 Å². The van der Waals surface area contributed by atoms with Crippen LogP contribution in [0, 0.1) is 27.7 Å². The molecule has 0 unspecified atom stereocenters. The molecule has 7 heteroatoms. The fourth-order valence-electron chi connectivity index (χ4n) is 4.31. The molecular weight excluding hydrogens is 421 g/mol. The molecule has 0 saturated heterocycles. The van der Waals surface area contributed by atoms with E-state index in [1.807, 2.05) is 46.0 Å². The average Bonchev–Trinajstić information content (AvgIpc) is 3.00. The summed E-state index contributed by atoms with van der Waals surface area (Å²) >= 11 is 13.4. The maximum atomic E-state index is 13.4. The second-order valence-electron chi connectivity index (χ2n) is 7.96. The van der Waals surface area contributed by atoms with Crippen LogP contribution < -0.4 is 5.56 Å². The minimum atomic E-state index is -0.199. The monoisotopic (exact) mass is 443 g/mol. The number of aromatic nitrogens is 2. The molecule has 2 N–H and O–H groups in total. The summed E-state index contributed by atoms with van der Waals surface area (Å²) in [5.41, 5.74) is 7.00. The highest BCUT2D eigenvalue weighted by Crippen LogP contribution is 2.41. The number of halogens is 2. The maximum absolute atomic E-state index is 13.4. The van der Waals surface area contributed by atoms with Crippen molar-refractivity contribution in [3.8, 4) is 11.1 Å². The van der Waals surface area contributed by atoms with Gasteiger partial charge in [-0.1, -0.05) is 23.2 Å². The smallest absolute Gasteiger partial charge is 0.256 e. The number of hydrogen-bond acceptors (Lipinski definition) is 2. The molecule has 1 aliphatic heterocycles. The predicted octanol–water partition coefficient (Wildman–Crippen LogP) is 5.11. The number of aromatic amines is 2. The van der Waals surface area contributed by atoms with Crippen molar-refractivity contribution < 1.29 is 4.79 Å². The maximum Gasteiger partial charge on any atom is 0.256 e. The molecule has 0 saturated carbocycles. The van der Waals surface area contributed by atoms with Crippen LogP contribution in [0.1, 0.15) is 44.0 Å². The lowest BCUT2D eigenvalue weighted by Crippen LogP contribution is -2.39. The van der Waals surface area contributed by atoms with E-state index in [0.717, 1.165) is 39.2 Å². The number of carbonyl (C=O) groups is 1. The van der Waals surface area contributed by atoms with Crippen LogP contribution in [0.25, 0.3) is 11.1 Å². The second kappa shape index (κ2) is 7.64. The number of carbonyl (C=O) groups excluding carboxylic acids is 1. The number of fused-ring (bicyclic) bond motifs is 1. The normalized spacial score (nSPS) is 13.7. The highest BCUT2D eigenvalue weighted by atomic mass is 35.5. The van der Waals surface area contributed by atoms with Gasteiger partial charge in [0.25, 0.3) is 11.5 Å². The van der Waals surface area contributed by atoms with Crippen LogP contribution in [-0.4, -0.2) is 27.3 Å². The molecule has 4 rings (SSSR count). The summed E-state index contributed by atoms with van der Waals surface area (Å²) in [4.78, 5) is 33.6. The van der Waals surface area contributed by atoms with E-state index in [4.69, 9.17) is 23.2 Å². The van der Waals surface area contributed by atoms with Gasteiger partial charge >= 0.3 is 0 Å². The van der Waals surface area contributed by atoms with Crippen LogP contribution in [0.4, 0.5) is 0 Å². The van der Waals surface area contributed by atoms with E-state index in [2.05, 4.69) is 9.97 Å². The number of aryl methyl sites for hydroxylation is 4. The van der Waals surface area contributed by atoms with Crippen molar-refractivity contribution in [2.75, 3.05) is 6.54 Å². The van der Waals surface area contributed by atoms with Gasteiger partial charge in [-0.05, 0) is 62.9 Å². The van der Waals surface area contributed by atoms with Crippen molar-refractivity contribution in [2.45, 2.75) is 40.7 Å². The lowest BCUT2D eigenvalue weighted by molar-refractivity contribution is 0.0726. The van der Waals surface area contributed by atoms with Gasteiger partial charge in [0.2, 0.25) is 0 Å². The zero-order chi connectivity index (χ0) is 21.7. The van der Waals surface area contributed by atoms with Gasteiger partial charge in [0.15, 0.2) is 0 Å². The third kappa shape index (κ3) is 3.36. The Morgan fingerprint density at radius 1 is 1.03 bits per heavy atom. The number of benzene rings is 1. The van der Waals surface area contributed by atoms with E-state index in [1.165, 1.54) is 0 Å². The Kier molecular flexibility index (Phi) is 5.28. The Morgan fingerprint density at radius 2 is 1.77 bits per heavy atom. The van der Waals surface area contributed by atoms with Gasteiger partial charge in [0.05, 0.1) is 17.1 Å². The first kappa shape index (κ1) is 20.8. The molecule has 3 heterocycles. The first-order valence-electron chi connectivity index (χ1n) is 9.83. The van der Waals surface area contributed by atoms with Gasteiger partial charge in [-0.2, -0.15) is 0 Å².